The Morgan fingerprint density at radius 2 is 1.42 bits per heavy atom. The predicted octanol–water partition coefficient (Wildman–Crippen LogP) is 4.61. The van der Waals surface area contributed by atoms with Gasteiger partial charge in [-0.15, -0.1) is 9.36 Å². The van der Waals surface area contributed by atoms with Gasteiger partial charge in [0.25, 0.3) is 0 Å². The lowest BCUT2D eigenvalue weighted by atomic mass is 9.93. The zero-order chi connectivity index (χ0) is 17.3. The van der Waals surface area contributed by atoms with Crippen LogP contribution in [0.3, 0.4) is 0 Å². The van der Waals surface area contributed by atoms with Crippen molar-refractivity contribution in [2.45, 2.75) is 39.5 Å². The van der Waals surface area contributed by atoms with E-state index in [2.05, 4.69) is 76.4 Å². The van der Waals surface area contributed by atoms with Crippen LogP contribution in [0.15, 0.2) is 54.7 Å². The molecular weight excluding hydrogens is 294 g/mol. The van der Waals surface area contributed by atoms with E-state index in [1.54, 1.807) is 0 Å². The van der Waals surface area contributed by atoms with Gasteiger partial charge in [-0.1, -0.05) is 76.2 Å². The Morgan fingerprint density at radius 3 is 1.96 bits per heavy atom. The molecule has 0 saturated heterocycles. The van der Waals surface area contributed by atoms with Gasteiger partial charge in [-0.25, -0.2) is 0 Å². The van der Waals surface area contributed by atoms with Gasteiger partial charge < -0.3 is 0 Å². The number of hydrogen-bond acceptors (Lipinski definition) is 1. The van der Waals surface area contributed by atoms with Crippen LogP contribution < -0.4 is 4.68 Å². The highest BCUT2D eigenvalue weighted by Gasteiger charge is 2.23. The molecule has 1 aromatic heterocycles. The van der Waals surface area contributed by atoms with E-state index in [4.69, 9.17) is 5.21 Å². The molecule has 0 fully saturated rings. The van der Waals surface area contributed by atoms with E-state index in [9.17, 15) is 0 Å². The molecule has 3 heteroatoms. The van der Waals surface area contributed by atoms with E-state index in [0.717, 1.165) is 5.69 Å². The summed E-state index contributed by atoms with van der Waals surface area (Å²) in [6.07, 6.45) is 2.14. The van der Waals surface area contributed by atoms with Crippen molar-refractivity contribution in [2.24, 2.45) is 7.05 Å². The van der Waals surface area contributed by atoms with Gasteiger partial charge in [-0.3, -0.25) is 0 Å². The Balaban J connectivity index is 2.20. The molecule has 0 atom stereocenters. The van der Waals surface area contributed by atoms with Crippen LogP contribution in [0.1, 0.15) is 50.7 Å². The van der Waals surface area contributed by atoms with E-state index in [1.165, 1.54) is 22.4 Å². The van der Waals surface area contributed by atoms with Crippen LogP contribution in [0.25, 0.3) is 16.9 Å². The first-order valence-corrected chi connectivity index (χ1v) is 8.63. The summed E-state index contributed by atoms with van der Waals surface area (Å²) in [5, 5.41) is 4.78. The number of rotatable bonds is 4. The van der Waals surface area contributed by atoms with Gasteiger partial charge in [0.15, 0.2) is 17.6 Å². The molecule has 2 aromatic carbocycles. The van der Waals surface area contributed by atoms with E-state index >= 15 is 0 Å². The second-order valence-electron chi connectivity index (χ2n) is 6.93. The highest BCUT2D eigenvalue weighted by molar-refractivity contribution is 5.57. The molecule has 0 amide bonds. The van der Waals surface area contributed by atoms with Gasteiger partial charge >= 0.3 is 0 Å². The highest BCUT2D eigenvalue weighted by atomic mass is 15.5. The Kier molecular flexibility index (Phi) is 4.52. The normalized spacial score (nSPS) is 11.5. The molecule has 0 N–H and O–H groups in total. The molecule has 0 saturated carbocycles. The first-order chi connectivity index (χ1) is 11.5. The van der Waals surface area contributed by atoms with Crippen LogP contribution in [-0.4, -0.2) is 9.90 Å². The molecule has 24 heavy (non-hydrogen) atoms. The molecule has 1 heterocycles. The maximum absolute atomic E-state index is 4.78. The van der Waals surface area contributed by atoms with E-state index in [-0.39, 0.29) is 0 Å². The minimum Gasteiger partial charge on any atom is -0.132 e. The molecule has 3 nitrogen and oxygen atoms in total. The average Bonchev–Trinajstić information content (AvgIpc) is 2.96. The van der Waals surface area contributed by atoms with Gasteiger partial charge in [0.05, 0.1) is 5.21 Å². The molecule has 124 valence electrons. The van der Waals surface area contributed by atoms with E-state index in [1.807, 2.05) is 22.5 Å². The largest absolute Gasteiger partial charge is 0.197 e. The van der Waals surface area contributed by atoms with Crippen molar-refractivity contribution in [3.63, 3.8) is 0 Å². The number of aromatic nitrogens is 3. The third kappa shape index (κ3) is 2.99. The Morgan fingerprint density at radius 1 is 0.833 bits per heavy atom. The number of para-hydroxylation sites is 1. The summed E-state index contributed by atoms with van der Waals surface area (Å²) < 4.78 is 4.00. The lowest BCUT2D eigenvalue weighted by Gasteiger charge is -2.15. The second kappa shape index (κ2) is 6.60. The lowest BCUT2D eigenvalue weighted by Crippen LogP contribution is -2.36. The monoisotopic (exact) mass is 320 g/mol. The lowest BCUT2D eigenvalue weighted by molar-refractivity contribution is -0.662. The zero-order valence-electron chi connectivity index (χ0n) is 15.2. The highest BCUT2D eigenvalue weighted by Crippen LogP contribution is 2.28. The summed E-state index contributed by atoms with van der Waals surface area (Å²) in [6.45, 7) is 8.96. The Labute approximate surface area is 144 Å². The fourth-order valence-corrected chi connectivity index (χ4v) is 3.17. The standard InChI is InChI=1S/C21H26N3/c1-15(2)18-12-9-13-19(16(3)4)21(18)24-14-20(23(5)22-24)17-10-7-6-8-11-17/h6-16H,1-5H3/q+1. The second-order valence-corrected chi connectivity index (χ2v) is 6.93. The molecule has 0 unspecified atom stereocenters. The minimum absolute atomic E-state index is 0.452. The summed E-state index contributed by atoms with van der Waals surface area (Å²) in [5.74, 6) is 0.904. The molecule has 3 aromatic rings. The summed E-state index contributed by atoms with van der Waals surface area (Å²) in [5.41, 5.74) is 6.19. The van der Waals surface area contributed by atoms with Crippen molar-refractivity contribution in [2.75, 3.05) is 0 Å². The van der Waals surface area contributed by atoms with Gasteiger partial charge in [0.2, 0.25) is 0 Å². The van der Waals surface area contributed by atoms with Crippen LogP contribution >= 0.6 is 0 Å². The third-order valence-electron chi connectivity index (χ3n) is 4.46. The molecule has 0 spiro atoms. The fraction of sp³-hybridized carbons (Fsp3) is 0.333. The maximum atomic E-state index is 4.78. The quantitative estimate of drug-likeness (QED) is 0.643. The van der Waals surface area contributed by atoms with Gasteiger partial charge in [0, 0.05) is 16.7 Å². The van der Waals surface area contributed by atoms with Crippen LogP contribution in [0, 0.1) is 0 Å². The zero-order valence-corrected chi connectivity index (χ0v) is 15.2. The molecular formula is C21H26N3+. The first-order valence-electron chi connectivity index (χ1n) is 8.63. The number of nitrogens with zero attached hydrogens (tertiary/aromatic N) is 3. The van der Waals surface area contributed by atoms with E-state index in [0.29, 0.717) is 11.8 Å². The summed E-state index contributed by atoms with van der Waals surface area (Å²) >= 11 is 0. The van der Waals surface area contributed by atoms with Crippen LogP contribution in [-0.2, 0) is 7.05 Å². The van der Waals surface area contributed by atoms with Crippen molar-refractivity contribution in [1.82, 2.24) is 9.90 Å². The Bertz CT molecular complexity index is 803. The number of benzene rings is 2. The van der Waals surface area contributed by atoms with Gasteiger partial charge in [-0.2, -0.15) is 0 Å². The first kappa shape index (κ1) is 16.4. The average molecular weight is 320 g/mol. The molecule has 0 aliphatic heterocycles. The molecule has 3 rings (SSSR count). The van der Waals surface area contributed by atoms with Crippen LogP contribution in [0.4, 0.5) is 0 Å². The summed E-state index contributed by atoms with van der Waals surface area (Å²) in [7, 11) is 2.01. The van der Waals surface area contributed by atoms with Crippen molar-refractivity contribution < 1.29 is 4.68 Å². The number of hydrogen-bond donors (Lipinski definition) is 0. The topological polar surface area (TPSA) is 21.7 Å². The van der Waals surface area contributed by atoms with Crippen molar-refractivity contribution in [3.05, 3.63) is 65.9 Å². The predicted molar refractivity (Wildman–Crippen MR) is 98.4 cm³/mol. The van der Waals surface area contributed by atoms with E-state index < -0.39 is 0 Å². The fourth-order valence-electron chi connectivity index (χ4n) is 3.17. The van der Waals surface area contributed by atoms with Crippen molar-refractivity contribution in [3.8, 4) is 16.9 Å². The van der Waals surface area contributed by atoms with Crippen LogP contribution in [0.2, 0.25) is 0 Å². The summed E-state index contributed by atoms with van der Waals surface area (Å²) in [4.78, 5) is 0. The number of aryl methyl sites for hydroxylation is 1. The SMILES string of the molecule is CC(C)c1cccc(C(C)C)c1-[n+]1cc(-c2ccccc2)n(C)n1. The minimum atomic E-state index is 0.452. The maximum Gasteiger partial charge on any atom is 0.197 e. The van der Waals surface area contributed by atoms with Gasteiger partial charge in [-0.05, 0) is 11.8 Å². The Hall–Kier alpha value is -2.42. The van der Waals surface area contributed by atoms with Crippen molar-refractivity contribution >= 4 is 0 Å². The molecule has 0 aliphatic rings. The molecule has 0 aliphatic carbocycles. The van der Waals surface area contributed by atoms with Crippen molar-refractivity contribution in [1.29, 1.82) is 0 Å². The molecule has 0 bridgehead atoms. The van der Waals surface area contributed by atoms with Gasteiger partial charge in [0.1, 0.15) is 7.05 Å². The smallest absolute Gasteiger partial charge is 0.132 e. The van der Waals surface area contributed by atoms with Crippen LogP contribution in [0.5, 0.6) is 0 Å². The third-order valence-corrected chi connectivity index (χ3v) is 4.46. The molecule has 0 radical (unpaired) electrons. The summed E-state index contributed by atoms with van der Waals surface area (Å²) in [6, 6.07) is 17.0.